The molecule has 2 nitrogen and oxygen atoms in total. The van der Waals surface area contributed by atoms with Crippen molar-refractivity contribution in [2.24, 2.45) is 0 Å². The van der Waals surface area contributed by atoms with E-state index in [2.05, 4.69) is 4.98 Å². The number of rotatable bonds is 1. The molecule has 0 amide bonds. The highest BCUT2D eigenvalue weighted by atomic mass is 32.1. The number of aryl methyl sites for hydroxylation is 2. The lowest BCUT2D eigenvalue weighted by molar-refractivity contribution is 0.198. The molecule has 1 atom stereocenters. The van der Waals surface area contributed by atoms with Crippen molar-refractivity contribution in [3.63, 3.8) is 0 Å². The molecule has 1 aromatic rings. The fraction of sp³-hybridized carbons (Fsp3) is 0.571. The number of nitrogens with zero attached hydrogens (tertiary/aromatic N) is 1. The lowest BCUT2D eigenvalue weighted by atomic mass is 10.4. The molecule has 0 bridgehead atoms. The van der Waals surface area contributed by atoms with Gasteiger partial charge in [0.2, 0.25) is 0 Å². The van der Waals surface area contributed by atoms with Gasteiger partial charge in [0, 0.05) is 4.88 Å². The molecule has 3 heteroatoms. The van der Waals surface area contributed by atoms with Crippen molar-refractivity contribution in [3.8, 4) is 0 Å². The third-order valence-electron chi connectivity index (χ3n) is 1.40. The van der Waals surface area contributed by atoms with E-state index < -0.39 is 6.10 Å². The van der Waals surface area contributed by atoms with Gasteiger partial charge in [-0.1, -0.05) is 0 Å². The van der Waals surface area contributed by atoms with Crippen molar-refractivity contribution < 1.29 is 5.11 Å². The quantitative estimate of drug-likeness (QED) is 0.674. The molecule has 0 saturated carbocycles. The summed E-state index contributed by atoms with van der Waals surface area (Å²) in [6.07, 6.45) is -0.419. The maximum Gasteiger partial charge on any atom is 0.121 e. The molecule has 1 heterocycles. The Bertz CT molecular complexity index is 210. The van der Waals surface area contributed by atoms with E-state index in [9.17, 15) is 0 Å². The van der Waals surface area contributed by atoms with Crippen LogP contribution in [0.1, 0.15) is 28.6 Å². The molecule has 1 N–H and O–H groups in total. The van der Waals surface area contributed by atoms with Gasteiger partial charge in [-0.3, -0.25) is 0 Å². The van der Waals surface area contributed by atoms with Crippen molar-refractivity contribution in [2.45, 2.75) is 26.9 Å². The van der Waals surface area contributed by atoms with Gasteiger partial charge in [-0.05, 0) is 20.8 Å². The normalized spacial score (nSPS) is 13.6. The largest absolute Gasteiger partial charge is 0.386 e. The second kappa shape index (κ2) is 2.68. The highest BCUT2D eigenvalue weighted by Crippen LogP contribution is 2.21. The number of aliphatic hydroxyl groups is 1. The molecule has 0 aromatic carbocycles. The highest BCUT2D eigenvalue weighted by Gasteiger charge is 2.07. The molecule has 0 aliphatic rings. The Morgan fingerprint density at radius 1 is 1.50 bits per heavy atom. The topological polar surface area (TPSA) is 33.1 Å². The lowest BCUT2D eigenvalue weighted by Gasteiger charge is -1.94. The fourth-order valence-electron chi connectivity index (χ4n) is 0.676. The van der Waals surface area contributed by atoms with Gasteiger partial charge < -0.3 is 5.11 Å². The molecule has 0 spiro atoms. The Kier molecular flexibility index (Phi) is 2.06. The first-order valence-electron chi connectivity index (χ1n) is 3.23. The van der Waals surface area contributed by atoms with Crippen LogP contribution in [0.15, 0.2) is 0 Å². The van der Waals surface area contributed by atoms with Crippen LogP contribution in [0.5, 0.6) is 0 Å². The number of hydrogen-bond donors (Lipinski definition) is 1. The summed E-state index contributed by atoms with van der Waals surface area (Å²) < 4.78 is 0. The van der Waals surface area contributed by atoms with E-state index in [-0.39, 0.29) is 0 Å². The zero-order valence-electron chi connectivity index (χ0n) is 6.38. The Balaban J connectivity index is 2.98. The molecule has 1 aromatic heterocycles. The summed E-state index contributed by atoms with van der Waals surface area (Å²) in [6.45, 7) is 5.70. The van der Waals surface area contributed by atoms with Crippen LogP contribution in [-0.2, 0) is 0 Å². The zero-order valence-corrected chi connectivity index (χ0v) is 7.20. The average Bonchev–Trinajstić information content (AvgIpc) is 2.13. The Labute approximate surface area is 64.5 Å². The number of aromatic nitrogens is 1. The second-order valence-corrected chi connectivity index (χ2v) is 3.60. The molecule has 0 aliphatic carbocycles. The predicted octanol–water partition coefficient (Wildman–Crippen LogP) is 1.81. The molecular formula is C7H11NOS. The first-order valence-corrected chi connectivity index (χ1v) is 4.05. The van der Waals surface area contributed by atoms with Crippen molar-refractivity contribution in [1.29, 1.82) is 0 Å². The Hall–Kier alpha value is -0.410. The third-order valence-corrected chi connectivity index (χ3v) is 2.65. The maximum absolute atomic E-state index is 9.11. The van der Waals surface area contributed by atoms with Crippen LogP contribution in [0.2, 0.25) is 0 Å². The van der Waals surface area contributed by atoms with Crippen LogP contribution in [0, 0.1) is 13.8 Å². The fourth-order valence-corrected chi connectivity index (χ4v) is 1.54. The van der Waals surface area contributed by atoms with E-state index in [4.69, 9.17) is 5.11 Å². The second-order valence-electron chi connectivity index (χ2n) is 2.37. The van der Waals surface area contributed by atoms with Gasteiger partial charge in [-0.25, -0.2) is 4.98 Å². The minimum absolute atomic E-state index is 0.419. The van der Waals surface area contributed by atoms with E-state index >= 15 is 0 Å². The summed E-state index contributed by atoms with van der Waals surface area (Å²) in [7, 11) is 0. The van der Waals surface area contributed by atoms with Crippen molar-refractivity contribution >= 4 is 11.3 Å². The monoisotopic (exact) mass is 157 g/mol. The van der Waals surface area contributed by atoms with Crippen LogP contribution in [0.3, 0.4) is 0 Å². The molecule has 0 aliphatic heterocycles. The molecule has 1 unspecified atom stereocenters. The standard InChI is InChI=1S/C7H11NOS/c1-4-6(3)10-7(8-4)5(2)9/h5,9H,1-3H3. The minimum atomic E-state index is -0.419. The van der Waals surface area contributed by atoms with E-state index in [1.54, 1.807) is 18.3 Å². The Morgan fingerprint density at radius 2 is 2.10 bits per heavy atom. The molecule has 10 heavy (non-hydrogen) atoms. The molecule has 0 saturated heterocycles. The van der Waals surface area contributed by atoms with Crippen molar-refractivity contribution in [1.82, 2.24) is 4.98 Å². The third kappa shape index (κ3) is 1.36. The van der Waals surface area contributed by atoms with Gasteiger partial charge in [0.05, 0.1) is 5.69 Å². The summed E-state index contributed by atoms with van der Waals surface area (Å²) in [4.78, 5) is 5.37. The van der Waals surface area contributed by atoms with E-state index in [0.29, 0.717) is 0 Å². The van der Waals surface area contributed by atoms with Gasteiger partial charge in [0.1, 0.15) is 11.1 Å². The molecule has 56 valence electrons. The van der Waals surface area contributed by atoms with Crippen molar-refractivity contribution in [2.75, 3.05) is 0 Å². The van der Waals surface area contributed by atoms with Gasteiger partial charge in [-0.2, -0.15) is 0 Å². The zero-order chi connectivity index (χ0) is 7.72. The summed E-state index contributed by atoms with van der Waals surface area (Å²) in [5.41, 5.74) is 1.03. The van der Waals surface area contributed by atoms with Gasteiger partial charge >= 0.3 is 0 Å². The SMILES string of the molecule is Cc1nc(C(C)O)sc1C. The highest BCUT2D eigenvalue weighted by molar-refractivity contribution is 7.11. The summed E-state index contributed by atoms with van der Waals surface area (Å²) in [5.74, 6) is 0. The minimum Gasteiger partial charge on any atom is -0.386 e. The molecular weight excluding hydrogens is 146 g/mol. The summed E-state index contributed by atoms with van der Waals surface area (Å²) in [5, 5.41) is 9.92. The Morgan fingerprint density at radius 3 is 2.30 bits per heavy atom. The predicted molar refractivity (Wildman–Crippen MR) is 42.2 cm³/mol. The van der Waals surface area contributed by atoms with E-state index in [1.807, 2.05) is 13.8 Å². The van der Waals surface area contributed by atoms with Crippen molar-refractivity contribution in [3.05, 3.63) is 15.6 Å². The van der Waals surface area contributed by atoms with Gasteiger partial charge in [-0.15, -0.1) is 11.3 Å². The number of aliphatic hydroxyl groups excluding tert-OH is 1. The molecule has 0 radical (unpaired) electrons. The van der Waals surface area contributed by atoms with Gasteiger partial charge in [0.15, 0.2) is 0 Å². The lowest BCUT2D eigenvalue weighted by Crippen LogP contribution is -1.88. The number of hydrogen-bond acceptors (Lipinski definition) is 3. The maximum atomic E-state index is 9.11. The van der Waals surface area contributed by atoms with Crippen LogP contribution in [0.4, 0.5) is 0 Å². The molecule has 1 rings (SSSR count). The smallest absolute Gasteiger partial charge is 0.121 e. The number of thiazole rings is 1. The van der Waals surface area contributed by atoms with Crippen LogP contribution >= 0.6 is 11.3 Å². The average molecular weight is 157 g/mol. The molecule has 0 fully saturated rings. The van der Waals surface area contributed by atoms with E-state index in [0.717, 1.165) is 10.7 Å². The van der Waals surface area contributed by atoms with E-state index in [1.165, 1.54) is 4.88 Å². The summed E-state index contributed by atoms with van der Waals surface area (Å²) >= 11 is 1.56. The van der Waals surface area contributed by atoms with Gasteiger partial charge in [0.25, 0.3) is 0 Å². The van der Waals surface area contributed by atoms with Crippen LogP contribution in [0.25, 0.3) is 0 Å². The van der Waals surface area contributed by atoms with Crippen LogP contribution < -0.4 is 0 Å². The summed E-state index contributed by atoms with van der Waals surface area (Å²) in [6, 6.07) is 0. The first-order chi connectivity index (χ1) is 4.61. The van der Waals surface area contributed by atoms with Crippen LogP contribution in [-0.4, -0.2) is 10.1 Å². The first kappa shape index (κ1) is 7.69.